The Morgan fingerprint density at radius 3 is 2.56 bits per heavy atom. The molecular formula is C10H19N5O2S. The maximum atomic E-state index is 10.8. The molecule has 0 aliphatic heterocycles. The van der Waals surface area contributed by atoms with Gasteiger partial charge in [0, 0.05) is 18.5 Å². The van der Waals surface area contributed by atoms with Crippen molar-refractivity contribution in [3.8, 4) is 0 Å². The number of nitrogens with two attached hydrogens (primary N) is 2. The molecule has 102 valence electrons. The Labute approximate surface area is 107 Å². The van der Waals surface area contributed by atoms with Crippen molar-refractivity contribution in [2.75, 3.05) is 23.3 Å². The molecule has 0 amide bonds. The molecule has 1 aromatic rings. The number of hydrogen-bond donors (Lipinski definition) is 3. The van der Waals surface area contributed by atoms with Gasteiger partial charge in [0.15, 0.2) is 0 Å². The van der Waals surface area contributed by atoms with E-state index in [-0.39, 0.29) is 5.75 Å². The zero-order valence-corrected chi connectivity index (χ0v) is 11.4. The molecule has 1 rings (SSSR count). The van der Waals surface area contributed by atoms with Gasteiger partial charge >= 0.3 is 0 Å². The lowest BCUT2D eigenvalue weighted by molar-refractivity contribution is 0.595. The third-order valence-corrected chi connectivity index (χ3v) is 3.30. The Morgan fingerprint density at radius 1 is 1.33 bits per heavy atom. The molecule has 0 aliphatic rings. The molecule has 1 heterocycles. The fourth-order valence-corrected chi connectivity index (χ4v) is 1.94. The van der Waals surface area contributed by atoms with Gasteiger partial charge < -0.3 is 11.1 Å². The van der Waals surface area contributed by atoms with Gasteiger partial charge in [0.1, 0.15) is 17.5 Å². The van der Waals surface area contributed by atoms with Gasteiger partial charge in [-0.15, -0.1) is 0 Å². The van der Waals surface area contributed by atoms with Crippen molar-refractivity contribution in [3.05, 3.63) is 11.4 Å². The summed E-state index contributed by atoms with van der Waals surface area (Å²) in [4.78, 5) is 8.43. The summed E-state index contributed by atoms with van der Waals surface area (Å²) in [5.41, 5.74) is 6.53. The molecule has 0 bridgehead atoms. The van der Waals surface area contributed by atoms with Gasteiger partial charge in [-0.05, 0) is 13.3 Å². The van der Waals surface area contributed by atoms with Crippen molar-refractivity contribution in [1.82, 2.24) is 9.97 Å². The first kappa shape index (κ1) is 14.7. The third kappa shape index (κ3) is 4.46. The fraction of sp³-hybridized carbons (Fsp3) is 0.600. The van der Waals surface area contributed by atoms with Gasteiger partial charge in [0.25, 0.3) is 0 Å². The molecule has 0 saturated carbocycles. The molecule has 0 unspecified atom stereocenters. The smallest absolute Gasteiger partial charge is 0.209 e. The molecule has 0 radical (unpaired) electrons. The summed E-state index contributed by atoms with van der Waals surface area (Å²) < 4.78 is 21.5. The van der Waals surface area contributed by atoms with Crippen molar-refractivity contribution >= 4 is 21.7 Å². The fourth-order valence-electron chi connectivity index (χ4n) is 1.39. The molecule has 0 fully saturated rings. The van der Waals surface area contributed by atoms with Crippen molar-refractivity contribution in [1.29, 1.82) is 0 Å². The number of aromatic nitrogens is 2. The first-order valence-corrected chi connectivity index (χ1v) is 7.42. The van der Waals surface area contributed by atoms with Crippen LogP contribution in [0.3, 0.4) is 0 Å². The minimum Gasteiger partial charge on any atom is -0.383 e. The van der Waals surface area contributed by atoms with E-state index < -0.39 is 10.0 Å². The molecule has 0 atom stereocenters. The number of hydrogen-bond acceptors (Lipinski definition) is 6. The lowest BCUT2D eigenvalue weighted by Crippen LogP contribution is -2.19. The van der Waals surface area contributed by atoms with Crippen LogP contribution in [-0.4, -0.2) is 30.7 Å². The molecular weight excluding hydrogens is 254 g/mol. The van der Waals surface area contributed by atoms with Crippen LogP contribution in [0, 0.1) is 6.92 Å². The second-order valence-corrected chi connectivity index (χ2v) is 5.73. The summed E-state index contributed by atoms with van der Waals surface area (Å²) >= 11 is 0. The van der Waals surface area contributed by atoms with Crippen LogP contribution in [0.15, 0.2) is 0 Å². The molecule has 7 nitrogen and oxygen atoms in total. The standard InChI is InChI=1S/C10H19N5O2S/c1-3-8-14-9(11)7(2)10(15-8)13-5-4-6-18(12,16)17/h3-6H2,1-2H3,(H2,12,16,17)(H3,11,13,14,15). The molecule has 0 aliphatic carbocycles. The van der Waals surface area contributed by atoms with E-state index in [0.717, 1.165) is 5.56 Å². The van der Waals surface area contributed by atoms with E-state index in [1.807, 2.05) is 13.8 Å². The molecule has 0 saturated heterocycles. The summed E-state index contributed by atoms with van der Waals surface area (Å²) in [6, 6.07) is 0. The first-order valence-electron chi connectivity index (χ1n) is 5.71. The Balaban J connectivity index is 2.64. The number of nitrogens with zero attached hydrogens (tertiary/aromatic N) is 2. The van der Waals surface area contributed by atoms with Gasteiger partial charge in [-0.2, -0.15) is 0 Å². The minimum atomic E-state index is -3.41. The molecule has 1 aromatic heterocycles. The van der Waals surface area contributed by atoms with Crippen molar-refractivity contribution < 1.29 is 8.42 Å². The van der Waals surface area contributed by atoms with E-state index >= 15 is 0 Å². The van der Waals surface area contributed by atoms with E-state index in [4.69, 9.17) is 10.9 Å². The number of nitrogens with one attached hydrogen (secondary N) is 1. The van der Waals surface area contributed by atoms with Crippen LogP contribution in [-0.2, 0) is 16.4 Å². The maximum Gasteiger partial charge on any atom is 0.209 e. The number of rotatable bonds is 6. The van der Waals surface area contributed by atoms with Gasteiger partial charge in [-0.1, -0.05) is 6.92 Å². The Bertz CT molecular complexity index is 515. The van der Waals surface area contributed by atoms with Crippen LogP contribution in [0.1, 0.15) is 24.7 Å². The second kappa shape index (κ2) is 5.96. The van der Waals surface area contributed by atoms with Gasteiger partial charge in [-0.25, -0.2) is 23.5 Å². The zero-order valence-electron chi connectivity index (χ0n) is 10.6. The highest BCUT2D eigenvalue weighted by Gasteiger charge is 2.08. The summed E-state index contributed by atoms with van der Waals surface area (Å²) in [6.07, 6.45) is 1.11. The largest absolute Gasteiger partial charge is 0.383 e. The highest BCUT2D eigenvalue weighted by molar-refractivity contribution is 7.89. The van der Waals surface area contributed by atoms with Crippen LogP contribution in [0.4, 0.5) is 11.6 Å². The van der Waals surface area contributed by atoms with Gasteiger partial charge in [0.2, 0.25) is 10.0 Å². The molecule has 5 N–H and O–H groups in total. The zero-order chi connectivity index (χ0) is 13.8. The normalized spacial score (nSPS) is 11.5. The van der Waals surface area contributed by atoms with Gasteiger partial charge in [-0.3, -0.25) is 0 Å². The summed E-state index contributed by atoms with van der Waals surface area (Å²) in [5.74, 6) is 1.69. The Kier molecular flexibility index (Phi) is 4.85. The van der Waals surface area contributed by atoms with Crippen molar-refractivity contribution in [3.63, 3.8) is 0 Å². The Morgan fingerprint density at radius 2 is 2.00 bits per heavy atom. The average Bonchev–Trinajstić information content (AvgIpc) is 2.28. The van der Waals surface area contributed by atoms with E-state index in [0.29, 0.717) is 36.8 Å². The number of primary sulfonamides is 1. The molecule has 0 aromatic carbocycles. The van der Waals surface area contributed by atoms with Crippen LogP contribution >= 0.6 is 0 Å². The minimum absolute atomic E-state index is 0.0553. The highest BCUT2D eigenvalue weighted by atomic mass is 32.2. The predicted molar refractivity (Wildman–Crippen MR) is 71.6 cm³/mol. The SMILES string of the molecule is CCc1nc(N)c(C)c(NCCCS(N)(=O)=O)n1. The van der Waals surface area contributed by atoms with Crippen LogP contribution in [0.25, 0.3) is 0 Å². The number of sulfonamides is 1. The number of aryl methyl sites for hydroxylation is 1. The average molecular weight is 273 g/mol. The molecule has 8 heteroatoms. The predicted octanol–water partition coefficient (Wildman–Crippen LogP) is 0.0201. The van der Waals surface area contributed by atoms with E-state index in [9.17, 15) is 8.42 Å². The molecule has 18 heavy (non-hydrogen) atoms. The van der Waals surface area contributed by atoms with E-state index in [2.05, 4.69) is 15.3 Å². The number of nitrogen functional groups attached to an aromatic ring is 1. The monoisotopic (exact) mass is 273 g/mol. The lowest BCUT2D eigenvalue weighted by atomic mass is 10.3. The summed E-state index contributed by atoms with van der Waals surface area (Å²) in [5, 5.41) is 7.96. The van der Waals surface area contributed by atoms with E-state index in [1.165, 1.54) is 0 Å². The van der Waals surface area contributed by atoms with Gasteiger partial charge in [0.05, 0.1) is 5.75 Å². The van der Waals surface area contributed by atoms with Crippen molar-refractivity contribution in [2.24, 2.45) is 5.14 Å². The quantitative estimate of drug-likeness (QED) is 0.628. The topological polar surface area (TPSA) is 124 Å². The van der Waals surface area contributed by atoms with Crippen LogP contribution in [0.2, 0.25) is 0 Å². The summed E-state index contributed by atoms with van der Waals surface area (Å²) in [7, 11) is -3.41. The lowest BCUT2D eigenvalue weighted by Gasteiger charge is -2.11. The Hall–Kier alpha value is -1.41. The molecule has 0 spiro atoms. The summed E-state index contributed by atoms with van der Waals surface area (Å²) in [6.45, 7) is 4.22. The van der Waals surface area contributed by atoms with Crippen LogP contribution in [0.5, 0.6) is 0 Å². The number of anilines is 2. The maximum absolute atomic E-state index is 10.8. The third-order valence-electron chi connectivity index (χ3n) is 2.44. The second-order valence-electron chi connectivity index (χ2n) is 4.00. The van der Waals surface area contributed by atoms with E-state index in [1.54, 1.807) is 0 Å². The van der Waals surface area contributed by atoms with Crippen LogP contribution < -0.4 is 16.2 Å². The highest BCUT2D eigenvalue weighted by Crippen LogP contribution is 2.17. The first-order chi connectivity index (χ1) is 8.33. The van der Waals surface area contributed by atoms with Crippen molar-refractivity contribution in [2.45, 2.75) is 26.7 Å².